The second kappa shape index (κ2) is 6.44. The van der Waals surface area contributed by atoms with E-state index in [1.807, 2.05) is 36.4 Å². The number of aliphatic hydroxyl groups is 1. The number of carbonyl (C=O) groups excluding carboxylic acids is 1. The second-order valence-corrected chi connectivity index (χ2v) is 9.51. The number of carbonyl (C=O) groups is 1. The minimum Gasteiger partial charge on any atom is -0.485 e. The molecular formula is C26H27NO4. The van der Waals surface area contributed by atoms with Crippen molar-refractivity contribution in [3.8, 4) is 11.5 Å². The predicted octanol–water partition coefficient (Wildman–Crippen LogP) is 3.03. The number of likely N-dealkylation sites (tertiary alicyclic amines) is 1. The molecule has 4 aliphatic rings. The van der Waals surface area contributed by atoms with Crippen molar-refractivity contribution in [2.75, 3.05) is 13.6 Å². The van der Waals surface area contributed by atoms with E-state index in [1.165, 1.54) is 12.5 Å². The standard InChI is InChI=1S/C26H27NO4/c1-16(28)26(29)11-10-19-20-14-18-8-9-21(30-15-17-6-4-3-5-7-17)23-22(18)25(19,24(26)31-23)12-13-27(20)2/h3-11,19-20,24,29H,12-15H2,1-2H3/t19-,20+,24+,25-,26+/m0/s1. The molecule has 0 unspecified atom stereocenters. The molecule has 160 valence electrons. The molecule has 2 heterocycles. The van der Waals surface area contributed by atoms with Crippen LogP contribution in [0.3, 0.4) is 0 Å². The molecule has 1 saturated heterocycles. The minimum absolute atomic E-state index is 0.203. The van der Waals surface area contributed by atoms with Crippen LogP contribution in [0, 0.1) is 5.92 Å². The van der Waals surface area contributed by atoms with Gasteiger partial charge in [0, 0.05) is 22.9 Å². The zero-order valence-electron chi connectivity index (χ0n) is 17.9. The summed E-state index contributed by atoms with van der Waals surface area (Å²) in [7, 11) is 2.17. The van der Waals surface area contributed by atoms with Crippen LogP contribution in [-0.2, 0) is 23.2 Å². The van der Waals surface area contributed by atoms with Crippen LogP contribution in [0.25, 0.3) is 0 Å². The lowest BCUT2D eigenvalue weighted by Crippen LogP contribution is -2.69. The molecule has 0 amide bonds. The van der Waals surface area contributed by atoms with Crippen molar-refractivity contribution in [1.82, 2.24) is 4.90 Å². The van der Waals surface area contributed by atoms with Gasteiger partial charge >= 0.3 is 0 Å². The van der Waals surface area contributed by atoms with Gasteiger partial charge in [0.15, 0.2) is 22.9 Å². The first-order valence-corrected chi connectivity index (χ1v) is 11.1. The number of nitrogens with zero attached hydrogens (tertiary/aromatic N) is 1. The highest BCUT2D eigenvalue weighted by atomic mass is 16.5. The molecule has 2 aliphatic carbocycles. The van der Waals surface area contributed by atoms with Crippen molar-refractivity contribution in [1.29, 1.82) is 0 Å². The molecule has 2 bridgehead atoms. The minimum atomic E-state index is -1.62. The van der Waals surface area contributed by atoms with Gasteiger partial charge in [-0.3, -0.25) is 4.79 Å². The monoisotopic (exact) mass is 417 g/mol. The number of piperidine rings is 1. The summed E-state index contributed by atoms with van der Waals surface area (Å²) in [4.78, 5) is 15.0. The third-order valence-electron chi connectivity index (χ3n) is 8.02. The first kappa shape index (κ1) is 19.1. The number of likely N-dealkylation sites (N-methyl/N-ethyl adjacent to an activating group) is 1. The van der Waals surface area contributed by atoms with Gasteiger partial charge in [-0.05, 0) is 56.6 Å². The molecule has 0 radical (unpaired) electrons. The Morgan fingerprint density at radius 2 is 2.06 bits per heavy atom. The summed E-state index contributed by atoms with van der Waals surface area (Å²) >= 11 is 0. The smallest absolute Gasteiger partial charge is 0.178 e. The molecule has 2 aromatic rings. The largest absolute Gasteiger partial charge is 0.485 e. The van der Waals surface area contributed by atoms with E-state index in [1.54, 1.807) is 6.08 Å². The number of benzene rings is 2. The number of ketones is 1. The second-order valence-electron chi connectivity index (χ2n) is 9.51. The maximum absolute atomic E-state index is 12.6. The van der Waals surface area contributed by atoms with Crippen LogP contribution in [0.2, 0.25) is 0 Å². The van der Waals surface area contributed by atoms with Crippen molar-refractivity contribution >= 4 is 5.78 Å². The number of hydrogen-bond donors (Lipinski definition) is 1. The van der Waals surface area contributed by atoms with Crippen LogP contribution in [0.4, 0.5) is 0 Å². The van der Waals surface area contributed by atoms with Crippen molar-refractivity contribution < 1.29 is 19.4 Å². The zero-order chi connectivity index (χ0) is 21.4. The average Bonchev–Trinajstić information content (AvgIpc) is 3.13. The Bertz CT molecular complexity index is 1100. The average molecular weight is 418 g/mol. The summed E-state index contributed by atoms with van der Waals surface area (Å²) in [6.45, 7) is 2.81. The molecule has 6 rings (SSSR count). The van der Waals surface area contributed by atoms with Gasteiger partial charge < -0.3 is 19.5 Å². The fourth-order valence-corrected chi connectivity index (χ4v) is 6.44. The number of hydrogen-bond acceptors (Lipinski definition) is 5. The Morgan fingerprint density at radius 3 is 2.84 bits per heavy atom. The van der Waals surface area contributed by atoms with E-state index >= 15 is 0 Å². The highest BCUT2D eigenvalue weighted by molar-refractivity contribution is 5.89. The molecule has 5 nitrogen and oxygen atoms in total. The molecule has 2 aromatic carbocycles. The van der Waals surface area contributed by atoms with Gasteiger partial charge in [-0.2, -0.15) is 0 Å². The van der Waals surface area contributed by atoms with E-state index in [0.717, 1.165) is 36.3 Å². The van der Waals surface area contributed by atoms with Crippen LogP contribution in [0.1, 0.15) is 30.0 Å². The van der Waals surface area contributed by atoms with E-state index in [-0.39, 0.29) is 11.7 Å². The molecule has 1 N–H and O–H groups in total. The Balaban J connectivity index is 1.49. The molecule has 31 heavy (non-hydrogen) atoms. The van der Waals surface area contributed by atoms with Crippen molar-refractivity contribution in [2.24, 2.45) is 5.92 Å². The van der Waals surface area contributed by atoms with Gasteiger partial charge in [0.2, 0.25) is 0 Å². The molecule has 5 atom stereocenters. The van der Waals surface area contributed by atoms with Gasteiger partial charge in [0.1, 0.15) is 12.7 Å². The van der Waals surface area contributed by atoms with E-state index in [2.05, 4.69) is 24.1 Å². The van der Waals surface area contributed by atoms with E-state index in [4.69, 9.17) is 9.47 Å². The lowest BCUT2D eigenvalue weighted by atomic mass is 9.51. The normalized spacial score (nSPS) is 34.7. The maximum atomic E-state index is 12.6. The lowest BCUT2D eigenvalue weighted by Gasteiger charge is -2.58. The van der Waals surface area contributed by atoms with Crippen LogP contribution >= 0.6 is 0 Å². The van der Waals surface area contributed by atoms with Crippen LogP contribution in [0.5, 0.6) is 11.5 Å². The molecule has 1 spiro atoms. The van der Waals surface area contributed by atoms with Gasteiger partial charge in [0.05, 0.1) is 0 Å². The van der Waals surface area contributed by atoms with Gasteiger partial charge in [-0.25, -0.2) is 0 Å². The van der Waals surface area contributed by atoms with E-state index < -0.39 is 17.1 Å². The first-order valence-electron chi connectivity index (χ1n) is 11.1. The number of ether oxygens (including phenoxy) is 2. The molecule has 0 saturated carbocycles. The Hall–Kier alpha value is -2.63. The fraction of sp³-hybridized carbons (Fsp3) is 0.423. The van der Waals surface area contributed by atoms with Crippen LogP contribution < -0.4 is 9.47 Å². The van der Waals surface area contributed by atoms with Crippen LogP contribution in [-0.4, -0.2) is 47.1 Å². The first-order chi connectivity index (χ1) is 14.9. The lowest BCUT2D eigenvalue weighted by molar-refractivity contribution is -0.148. The quantitative estimate of drug-likeness (QED) is 0.775. The molecule has 5 heteroatoms. The number of rotatable bonds is 4. The van der Waals surface area contributed by atoms with Gasteiger partial charge in [0.25, 0.3) is 0 Å². The van der Waals surface area contributed by atoms with E-state index in [0.29, 0.717) is 18.4 Å². The maximum Gasteiger partial charge on any atom is 0.178 e. The SMILES string of the molecule is CC(=O)[C@]1(O)C=C[C@H]2[C@H]3Cc4ccc(OCc5ccccc5)c5c4[C@@]2(CCN3C)[C@H]1O5. The molecule has 2 aliphatic heterocycles. The molecule has 1 fully saturated rings. The molecular weight excluding hydrogens is 390 g/mol. The van der Waals surface area contributed by atoms with Crippen molar-refractivity contribution in [3.05, 3.63) is 71.3 Å². The Kier molecular flexibility index (Phi) is 3.96. The van der Waals surface area contributed by atoms with Gasteiger partial charge in [-0.15, -0.1) is 0 Å². The van der Waals surface area contributed by atoms with Crippen LogP contribution in [0.15, 0.2) is 54.6 Å². The fourth-order valence-electron chi connectivity index (χ4n) is 6.44. The summed E-state index contributed by atoms with van der Waals surface area (Å²) < 4.78 is 12.8. The summed E-state index contributed by atoms with van der Waals surface area (Å²) in [6.07, 6.45) is 4.92. The summed E-state index contributed by atoms with van der Waals surface area (Å²) in [6, 6.07) is 14.5. The highest BCUT2D eigenvalue weighted by Crippen LogP contribution is 2.64. The molecule has 0 aromatic heterocycles. The van der Waals surface area contributed by atoms with Crippen molar-refractivity contribution in [3.63, 3.8) is 0 Å². The topological polar surface area (TPSA) is 59.0 Å². The third kappa shape index (κ3) is 2.42. The number of Topliss-reactive ketones (excluding diaryl/α,β-unsaturated/α-hetero) is 1. The summed E-state index contributed by atoms with van der Waals surface area (Å²) in [5.41, 5.74) is 1.46. The summed E-state index contributed by atoms with van der Waals surface area (Å²) in [5.74, 6) is 1.33. The van der Waals surface area contributed by atoms with E-state index in [9.17, 15) is 9.90 Å². The zero-order valence-corrected chi connectivity index (χ0v) is 17.9. The Morgan fingerprint density at radius 1 is 1.26 bits per heavy atom. The van der Waals surface area contributed by atoms with Crippen molar-refractivity contribution in [2.45, 2.75) is 49.5 Å². The van der Waals surface area contributed by atoms with Gasteiger partial charge in [-0.1, -0.05) is 42.5 Å². The third-order valence-corrected chi connectivity index (χ3v) is 8.02. The summed E-state index contributed by atoms with van der Waals surface area (Å²) in [5, 5.41) is 11.5. The predicted molar refractivity (Wildman–Crippen MR) is 116 cm³/mol. The highest BCUT2D eigenvalue weighted by Gasteiger charge is 2.68. The Labute approximate surface area is 182 Å².